The molecule has 0 radical (unpaired) electrons. The van der Waals surface area contributed by atoms with Crippen molar-refractivity contribution in [1.29, 1.82) is 0 Å². The number of rotatable bonds is 4. The van der Waals surface area contributed by atoms with Gasteiger partial charge in [-0.25, -0.2) is 0 Å². The second kappa shape index (κ2) is 3.97. The summed E-state index contributed by atoms with van der Waals surface area (Å²) in [6.45, 7) is 12.3. The summed E-state index contributed by atoms with van der Waals surface area (Å²) >= 11 is 0. The Morgan fingerprint density at radius 3 is 2.10 bits per heavy atom. The predicted octanol–water partition coefficient (Wildman–Crippen LogP) is 2.42. The zero-order valence-electron chi connectivity index (χ0n) is 7.99. The van der Waals surface area contributed by atoms with E-state index in [0.717, 1.165) is 6.54 Å². The lowest BCUT2D eigenvalue weighted by Gasteiger charge is -2.24. The highest BCUT2D eigenvalue weighted by Crippen LogP contribution is 2.17. The Morgan fingerprint density at radius 2 is 1.80 bits per heavy atom. The average Bonchev–Trinajstić information content (AvgIpc) is 1.85. The molecule has 1 N–H and O–H groups in total. The van der Waals surface area contributed by atoms with Gasteiger partial charge in [0.1, 0.15) is 0 Å². The highest BCUT2D eigenvalue weighted by molar-refractivity contribution is 4.70. The van der Waals surface area contributed by atoms with Crippen LogP contribution in [0.25, 0.3) is 0 Å². The van der Waals surface area contributed by atoms with E-state index in [2.05, 4.69) is 39.9 Å². The van der Waals surface area contributed by atoms with E-state index in [9.17, 15) is 0 Å². The molecule has 0 unspecified atom stereocenters. The summed E-state index contributed by atoms with van der Waals surface area (Å²) in [5.74, 6) is 0. The van der Waals surface area contributed by atoms with Gasteiger partial charge in [0.15, 0.2) is 0 Å². The van der Waals surface area contributed by atoms with Crippen molar-refractivity contribution < 1.29 is 0 Å². The second-order valence-corrected chi connectivity index (χ2v) is 4.05. The Labute approximate surface area is 65.2 Å². The van der Waals surface area contributed by atoms with Crippen LogP contribution in [0.1, 0.15) is 41.0 Å². The van der Waals surface area contributed by atoms with Crippen LogP contribution in [0.3, 0.4) is 0 Å². The molecule has 0 aromatic heterocycles. The molecule has 0 bridgehead atoms. The lowest BCUT2D eigenvalue weighted by Crippen LogP contribution is -2.33. The lowest BCUT2D eigenvalue weighted by molar-refractivity contribution is 0.317. The van der Waals surface area contributed by atoms with Gasteiger partial charge in [0.25, 0.3) is 0 Å². The molecule has 0 aromatic carbocycles. The Morgan fingerprint density at radius 1 is 1.30 bits per heavy atom. The maximum Gasteiger partial charge on any atom is 0.00106 e. The SMILES string of the molecule is CCC(C)(C)CNC(C)C. The standard InChI is InChI=1S/C9H21N/c1-6-9(4,5)7-10-8(2)3/h8,10H,6-7H2,1-5H3. The summed E-state index contributed by atoms with van der Waals surface area (Å²) in [4.78, 5) is 0. The molecule has 0 saturated carbocycles. The van der Waals surface area contributed by atoms with Crippen LogP contribution in [0.5, 0.6) is 0 Å². The van der Waals surface area contributed by atoms with Crippen molar-refractivity contribution in [3.63, 3.8) is 0 Å². The molecular weight excluding hydrogens is 122 g/mol. The van der Waals surface area contributed by atoms with Gasteiger partial charge >= 0.3 is 0 Å². The molecule has 0 heterocycles. The van der Waals surface area contributed by atoms with E-state index in [4.69, 9.17) is 0 Å². The van der Waals surface area contributed by atoms with Gasteiger partial charge in [-0.05, 0) is 11.8 Å². The molecule has 0 spiro atoms. The quantitative estimate of drug-likeness (QED) is 0.637. The van der Waals surface area contributed by atoms with E-state index in [1.54, 1.807) is 0 Å². The van der Waals surface area contributed by atoms with E-state index >= 15 is 0 Å². The van der Waals surface area contributed by atoms with Gasteiger partial charge in [-0.3, -0.25) is 0 Å². The average molecular weight is 143 g/mol. The predicted molar refractivity (Wildman–Crippen MR) is 47.2 cm³/mol. The fraction of sp³-hybridized carbons (Fsp3) is 1.00. The normalized spacial score (nSPS) is 12.6. The molecule has 0 atom stereocenters. The molecule has 0 aliphatic rings. The van der Waals surface area contributed by atoms with Crippen LogP contribution in [0, 0.1) is 5.41 Å². The van der Waals surface area contributed by atoms with Gasteiger partial charge in [-0.1, -0.05) is 34.6 Å². The van der Waals surface area contributed by atoms with Gasteiger partial charge in [-0.2, -0.15) is 0 Å². The van der Waals surface area contributed by atoms with Crippen molar-refractivity contribution in [3.05, 3.63) is 0 Å². The summed E-state index contributed by atoms with van der Waals surface area (Å²) in [7, 11) is 0. The first-order chi connectivity index (χ1) is 4.48. The minimum Gasteiger partial charge on any atom is -0.314 e. The maximum absolute atomic E-state index is 3.44. The van der Waals surface area contributed by atoms with Crippen molar-refractivity contribution in [1.82, 2.24) is 5.32 Å². The number of nitrogens with one attached hydrogen (secondary N) is 1. The van der Waals surface area contributed by atoms with Crippen LogP contribution in [0.15, 0.2) is 0 Å². The van der Waals surface area contributed by atoms with Crippen molar-refractivity contribution in [2.45, 2.75) is 47.1 Å². The third-order valence-electron chi connectivity index (χ3n) is 1.95. The van der Waals surface area contributed by atoms with Crippen LogP contribution >= 0.6 is 0 Å². The first-order valence-electron chi connectivity index (χ1n) is 4.21. The first-order valence-corrected chi connectivity index (χ1v) is 4.21. The molecule has 0 aliphatic carbocycles. The van der Waals surface area contributed by atoms with E-state index in [0.29, 0.717) is 11.5 Å². The molecule has 0 rings (SSSR count). The molecule has 62 valence electrons. The van der Waals surface area contributed by atoms with Crippen LogP contribution < -0.4 is 5.32 Å². The number of hydrogen-bond acceptors (Lipinski definition) is 1. The van der Waals surface area contributed by atoms with Gasteiger partial charge < -0.3 is 5.32 Å². The first kappa shape index (κ1) is 9.96. The van der Waals surface area contributed by atoms with Crippen LogP contribution in [-0.4, -0.2) is 12.6 Å². The minimum absolute atomic E-state index is 0.463. The molecule has 0 aliphatic heterocycles. The second-order valence-electron chi connectivity index (χ2n) is 4.05. The Kier molecular flexibility index (Phi) is 3.95. The lowest BCUT2D eigenvalue weighted by atomic mass is 9.90. The Bertz CT molecular complexity index is 84.7. The fourth-order valence-corrected chi connectivity index (χ4v) is 0.605. The molecular formula is C9H21N. The molecule has 10 heavy (non-hydrogen) atoms. The smallest absolute Gasteiger partial charge is 0.00106 e. The fourth-order valence-electron chi connectivity index (χ4n) is 0.605. The largest absolute Gasteiger partial charge is 0.314 e. The van der Waals surface area contributed by atoms with Gasteiger partial charge in [0, 0.05) is 12.6 Å². The molecule has 0 amide bonds. The van der Waals surface area contributed by atoms with Crippen molar-refractivity contribution in [2.24, 2.45) is 5.41 Å². The summed E-state index contributed by atoms with van der Waals surface area (Å²) in [5, 5.41) is 3.44. The Hall–Kier alpha value is -0.0400. The van der Waals surface area contributed by atoms with Crippen LogP contribution in [-0.2, 0) is 0 Å². The third-order valence-corrected chi connectivity index (χ3v) is 1.95. The highest BCUT2D eigenvalue weighted by atomic mass is 14.9. The van der Waals surface area contributed by atoms with Gasteiger partial charge in [-0.15, -0.1) is 0 Å². The topological polar surface area (TPSA) is 12.0 Å². The van der Waals surface area contributed by atoms with E-state index in [-0.39, 0.29) is 0 Å². The summed E-state index contributed by atoms with van der Waals surface area (Å²) < 4.78 is 0. The van der Waals surface area contributed by atoms with Crippen molar-refractivity contribution in [3.8, 4) is 0 Å². The van der Waals surface area contributed by atoms with Gasteiger partial charge in [0.2, 0.25) is 0 Å². The molecule has 0 aromatic rings. The van der Waals surface area contributed by atoms with Crippen LogP contribution in [0.4, 0.5) is 0 Å². The molecule has 1 heteroatoms. The van der Waals surface area contributed by atoms with E-state index < -0.39 is 0 Å². The van der Waals surface area contributed by atoms with Crippen molar-refractivity contribution >= 4 is 0 Å². The zero-order valence-corrected chi connectivity index (χ0v) is 7.99. The molecule has 1 nitrogen and oxygen atoms in total. The summed E-state index contributed by atoms with van der Waals surface area (Å²) in [5.41, 5.74) is 0.463. The summed E-state index contributed by atoms with van der Waals surface area (Å²) in [6, 6.07) is 0.617. The molecule has 0 saturated heterocycles. The van der Waals surface area contributed by atoms with Gasteiger partial charge in [0.05, 0.1) is 0 Å². The zero-order chi connectivity index (χ0) is 8.20. The van der Waals surface area contributed by atoms with E-state index in [1.165, 1.54) is 6.42 Å². The minimum atomic E-state index is 0.463. The highest BCUT2D eigenvalue weighted by Gasteiger charge is 2.14. The van der Waals surface area contributed by atoms with E-state index in [1.807, 2.05) is 0 Å². The third kappa shape index (κ3) is 4.80. The monoisotopic (exact) mass is 143 g/mol. The number of hydrogen-bond donors (Lipinski definition) is 1. The van der Waals surface area contributed by atoms with Crippen LogP contribution in [0.2, 0.25) is 0 Å². The maximum atomic E-state index is 3.44. The molecule has 0 fully saturated rings. The summed E-state index contributed by atoms with van der Waals surface area (Å²) in [6.07, 6.45) is 1.24. The Balaban J connectivity index is 3.46. The van der Waals surface area contributed by atoms with Crippen molar-refractivity contribution in [2.75, 3.05) is 6.54 Å².